The summed E-state index contributed by atoms with van der Waals surface area (Å²) < 4.78 is 39.6. The summed E-state index contributed by atoms with van der Waals surface area (Å²) in [7, 11) is 0. The molecule has 186 valence electrons. The van der Waals surface area contributed by atoms with Crippen molar-refractivity contribution in [3.8, 4) is 0 Å². The third-order valence-electron chi connectivity index (χ3n) is 5.14. The number of benzene rings is 3. The van der Waals surface area contributed by atoms with E-state index in [1.54, 1.807) is 0 Å². The van der Waals surface area contributed by atoms with Crippen molar-refractivity contribution >= 4 is 63.3 Å². The molecule has 0 saturated carbocycles. The molecule has 36 heavy (non-hydrogen) atoms. The van der Waals surface area contributed by atoms with Crippen LogP contribution in [0.5, 0.6) is 0 Å². The van der Waals surface area contributed by atoms with Crippen LogP contribution in [0.4, 0.5) is 24.5 Å². The molecule has 0 spiro atoms. The van der Waals surface area contributed by atoms with E-state index in [0.717, 1.165) is 29.5 Å². The summed E-state index contributed by atoms with van der Waals surface area (Å²) in [6.45, 7) is 0.155. The topological polar surface area (TPSA) is 61.8 Å². The minimum absolute atomic E-state index is 0.0147. The fourth-order valence-electron chi connectivity index (χ4n) is 3.47. The van der Waals surface area contributed by atoms with Crippen LogP contribution in [-0.4, -0.2) is 27.1 Å². The van der Waals surface area contributed by atoms with Gasteiger partial charge in [0.25, 0.3) is 0 Å². The van der Waals surface area contributed by atoms with E-state index in [1.807, 2.05) is 30.3 Å². The van der Waals surface area contributed by atoms with Crippen LogP contribution in [0, 0.1) is 0 Å². The third-order valence-corrected chi connectivity index (χ3v) is 6.77. The van der Waals surface area contributed by atoms with E-state index in [0.29, 0.717) is 15.7 Å². The van der Waals surface area contributed by atoms with Gasteiger partial charge in [0.2, 0.25) is 11.8 Å². The number of amides is 2. The number of carbonyl (C=O) groups is 2. The Morgan fingerprint density at radius 2 is 1.72 bits per heavy atom. The fourth-order valence-corrected chi connectivity index (χ4v) is 5.10. The van der Waals surface area contributed by atoms with Crippen LogP contribution in [0.3, 0.4) is 0 Å². The van der Waals surface area contributed by atoms with Gasteiger partial charge in [-0.25, -0.2) is 4.99 Å². The van der Waals surface area contributed by atoms with E-state index in [4.69, 9.17) is 23.2 Å². The van der Waals surface area contributed by atoms with E-state index >= 15 is 0 Å². The third kappa shape index (κ3) is 6.60. The normalized spacial score (nSPS) is 17.4. The molecule has 1 N–H and O–H groups in total. The van der Waals surface area contributed by atoms with Crippen molar-refractivity contribution in [3.05, 3.63) is 94.0 Å². The molecule has 4 rings (SSSR count). The molecule has 3 aromatic carbocycles. The molecule has 1 saturated heterocycles. The van der Waals surface area contributed by atoms with Crippen LogP contribution in [0.15, 0.2) is 77.8 Å². The quantitative estimate of drug-likeness (QED) is 0.365. The number of hydrogen-bond donors (Lipinski definition) is 1. The smallest absolute Gasteiger partial charge is 0.325 e. The van der Waals surface area contributed by atoms with E-state index in [2.05, 4.69) is 10.3 Å². The van der Waals surface area contributed by atoms with Gasteiger partial charge in [0.15, 0.2) is 5.17 Å². The Morgan fingerprint density at radius 1 is 1.03 bits per heavy atom. The van der Waals surface area contributed by atoms with Gasteiger partial charge in [-0.2, -0.15) is 13.2 Å². The predicted octanol–water partition coefficient (Wildman–Crippen LogP) is 7.17. The second-order valence-corrected chi connectivity index (χ2v) is 9.91. The molecular weight excluding hydrogens is 534 g/mol. The Bertz CT molecular complexity index is 1300. The van der Waals surface area contributed by atoms with Crippen molar-refractivity contribution < 1.29 is 22.8 Å². The van der Waals surface area contributed by atoms with Gasteiger partial charge in [-0.3, -0.25) is 14.5 Å². The highest BCUT2D eigenvalue weighted by Gasteiger charge is 2.36. The minimum atomic E-state index is -4.55. The average Bonchev–Trinajstić information content (AvgIpc) is 2.80. The highest BCUT2D eigenvalue weighted by Crippen LogP contribution is 2.34. The van der Waals surface area contributed by atoms with Crippen molar-refractivity contribution in [1.29, 1.82) is 0 Å². The van der Waals surface area contributed by atoms with Crippen LogP contribution >= 0.6 is 35.0 Å². The highest BCUT2D eigenvalue weighted by atomic mass is 35.5. The zero-order valence-electron chi connectivity index (χ0n) is 18.4. The van der Waals surface area contributed by atoms with Gasteiger partial charge in [0, 0.05) is 22.2 Å². The van der Waals surface area contributed by atoms with Gasteiger partial charge >= 0.3 is 6.18 Å². The Kier molecular flexibility index (Phi) is 7.92. The molecule has 1 unspecified atom stereocenters. The lowest BCUT2D eigenvalue weighted by Gasteiger charge is -2.32. The van der Waals surface area contributed by atoms with E-state index < -0.39 is 22.9 Å². The molecule has 0 bridgehead atoms. The monoisotopic (exact) mass is 551 g/mol. The number of anilines is 1. The number of thioether (sulfide) groups is 1. The first-order valence-corrected chi connectivity index (χ1v) is 12.3. The van der Waals surface area contributed by atoms with Gasteiger partial charge in [-0.1, -0.05) is 71.4 Å². The predicted molar refractivity (Wildman–Crippen MR) is 137 cm³/mol. The number of amidine groups is 1. The molecule has 3 aromatic rings. The number of hydrogen-bond acceptors (Lipinski definition) is 4. The lowest BCUT2D eigenvalue weighted by molar-refractivity contribution is -0.137. The van der Waals surface area contributed by atoms with Crippen molar-refractivity contribution in [1.82, 2.24) is 4.90 Å². The molecule has 0 radical (unpaired) electrons. The molecule has 2 amide bonds. The highest BCUT2D eigenvalue weighted by molar-refractivity contribution is 8.15. The standard InChI is InChI=1S/C25H18Cl2F3N3O2S/c26-17-10-18(27)12-20(11-17)31-23(35)21-13-22(34)33(14-15-5-2-1-3-6-15)24(36-21)32-19-8-4-7-16(9-19)25(28,29)30/h1-12,21H,13-14H2,(H,31,35). The van der Waals surface area contributed by atoms with E-state index in [-0.39, 0.29) is 29.7 Å². The Morgan fingerprint density at radius 3 is 2.39 bits per heavy atom. The lowest BCUT2D eigenvalue weighted by atomic mass is 10.2. The fraction of sp³-hybridized carbons (Fsp3) is 0.160. The second kappa shape index (κ2) is 10.9. The maximum atomic E-state index is 13.2. The zero-order valence-corrected chi connectivity index (χ0v) is 20.8. The van der Waals surface area contributed by atoms with Crippen LogP contribution in [0.1, 0.15) is 17.5 Å². The summed E-state index contributed by atoms with van der Waals surface area (Å²) in [6, 6.07) is 18.1. The van der Waals surface area contributed by atoms with Gasteiger partial charge in [0.05, 0.1) is 17.8 Å². The number of nitrogens with one attached hydrogen (secondary N) is 1. The summed E-state index contributed by atoms with van der Waals surface area (Å²) in [5.74, 6) is -0.865. The molecule has 11 heteroatoms. The van der Waals surface area contributed by atoms with Crippen LogP contribution in [-0.2, 0) is 22.3 Å². The first-order valence-electron chi connectivity index (χ1n) is 10.6. The summed E-state index contributed by atoms with van der Waals surface area (Å²) >= 11 is 13.0. The summed E-state index contributed by atoms with van der Waals surface area (Å²) in [5.41, 5.74) is 0.312. The molecule has 1 heterocycles. The number of aliphatic imine (C=N–C) groups is 1. The Balaban J connectivity index is 1.64. The number of rotatable bonds is 5. The summed E-state index contributed by atoms with van der Waals surface area (Å²) in [5, 5.41) is 2.59. The molecule has 0 aromatic heterocycles. The average molecular weight is 552 g/mol. The first-order chi connectivity index (χ1) is 17.1. The number of nitrogens with zero attached hydrogens (tertiary/aromatic N) is 2. The van der Waals surface area contributed by atoms with Crippen molar-refractivity contribution in [2.24, 2.45) is 4.99 Å². The lowest BCUT2D eigenvalue weighted by Crippen LogP contribution is -2.44. The van der Waals surface area contributed by atoms with Gasteiger partial charge < -0.3 is 5.32 Å². The zero-order chi connectivity index (χ0) is 25.9. The maximum absolute atomic E-state index is 13.2. The Labute approximate surface area is 219 Å². The molecule has 1 aliphatic rings. The van der Waals surface area contributed by atoms with Crippen molar-refractivity contribution in [2.45, 2.75) is 24.4 Å². The summed E-state index contributed by atoms with van der Waals surface area (Å²) in [4.78, 5) is 31.8. The first kappa shape index (κ1) is 26.1. The van der Waals surface area contributed by atoms with Gasteiger partial charge in [0.1, 0.15) is 5.25 Å². The minimum Gasteiger partial charge on any atom is -0.325 e. The van der Waals surface area contributed by atoms with E-state index in [9.17, 15) is 22.8 Å². The van der Waals surface area contributed by atoms with Crippen LogP contribution < -0.4 is 5.32 Å². The molecule has 5 nitrogen and oxygen atoms in total. The van der Waals surface area contributed by atoms with Crippen molar-refractivity contribution in [2.75, 3.05) is 5.32 Å². The number of halogens is 5. The largest absolute Gasteiger partial charge is 0.416 e. The summed E-state index contributed by atoms with van der Waals surface area (Å²) in [6.07, 6.45) is -4.67. The molecule has 0 aliphatic carbocycles. The van der Waals surface area contributed by atoms with Gasteiger partial charge in [-0.05, 0) is 42.0 Å². The molecule has 1 atom stereocenters. The molecular formula is C25H18Cl2F3N3O2S. The van der Waals surface area contributed by atoms with Crippen LogP contribution in [0.2, 0.25) is 10.0 Å². The van der Waals surface area contributed by atoms with E-state index in [1.165, 1.54) is 35.2 Å². The van der Waals surface area contributed by atoms with Crippen LogP contribution in [0.25, 0.3) is 0 Å². The maximum Gasteiger partial charge on any atom is 0.416 e. The molecule has 1 fully saturated rings. The van der Waals surface area contributed by atoms with Gasteiger partial charge in [-0.15, -0.1) is 0 Å². The number of alkyl halides is 3. The Hall–Kier alpha value is -3.01. The molecule has 1 aliphatic heterocycles. The second-order valence-electron chi connectivity index (χ2n) is 7.87. The van der Waals surface area contributed by atoms with Crippen molar-refractivity contribution in [3.63, 3.8) is 0 Å². The number of carbonyl (C=O) groups excluding carboxylic acids is 2. The SMILES string of the molecule is O=C(Nc1cc(Cl)cc(Cl)c1)C1CC(=O)N(Cc2ccccc2)C(=Nc2cccc(C(F)(F)F)c2)S1.